The van der Waals surface area contributed by atoms with Crippen LogP contribution >= 0.6 is 11.8 Å². The number of nitrogen functional groups attached to an aromatic ring is 1. The van der Waals surface area contributed by atoms with Crippen LogP contribution in [-0.2, 0) is 12.2 Å². The van der Waals surface area contributed by atoms with Gasteiger partial charge in [0.25, 0.3) is 0 Å². The van der Waals surface area contributed by atoms with Gasteiger partial charge in [-0.05, 0) is 35.6 Å². The summed E-state index contributed by atoms with van der Waals surface area (Å²) in [5.41, 5.74) is 9.93. The van der Waals surface area contributed by atoms with Gasteiger partial charge >= 0.3 is 0 Å². The first kappa shape index (κ1) is 20.3. The van der Waals surface area contributed by atoms with Gasteiger partial charge in [-0.25, -0.2) is 4.98 Å². The molecular formula is C22H19N5OS. The van der Waals surface area contributed by atoms with Crippen LogP contribution in [0, 0.1) is 22.7 Å². The fourth-order valence-electron chi connectivity index (χ4n) is 2.95. The van der Waals surface area contributed by atoms with Crippen LogP contribution in [0.3, 0.4) is 0 Å². The Morgan fingerprint density at radius 2 is 1.79 bits per heavy atom. The molecule has 0 unspecified atom stereocenters. The molecule has 0 atom stereocenters. The molecule has 6 nitrogen and oxygen atoms in total. The number of aliphatic hydroxyl groups excluding tert-OH is 1. The van der Waals surface area contributed by atoms with Gasteiger partial charge in [-0.15, -0.1) is 11.8 Å². The number of pyridine rings is 2. The Bertz CT molecular complexity index is 1070. The topological polar surface area (TPSA) is 120 Å². The zero-order chi connectivity index (χ0) is 20.6. The van der Waals surface area contributed by atoms with E-state index in [1.54, 1.807) is 12.4 Å². The summed E-state index contributed by atoms with van der Waals surface area (Å²) in [7, 11) is 0. The Kier molecular flexibility index (Phi) is 6.80. The van der Waals surface area contributed by atoms with E-state index < -0.39 is 0 Å². The van der Waals surface area contributed by atoms with Crippen molar-refractivity contribution in [2.24, 2.45) is 0 Å². The Morgan fingerprint density at radius 1 is 1.03 bits per heavy atom. The smallest absolute Gasteiger partial charge is 0.143 e. The number of thioether (sulfide) groups is 1. The summed E-state index contributed by atoms with van der Waals surface area (Å²) in [5.74, 6) is 0.694. The Balaban J connectivity index is 2.02. The van der Waals surface area contributed by atoms with Crippen molar-refractivity contribution in [3.05, 3.63) is 71.0 Å². The van der Waals surface area contributed by atoms with E-state index in [9.17, 15) is 10.5 Å². The van der Waals surface area contributed by atoms with E-state index >= 15 is 0 Å². The third kappa shape index (κ3) is 4.72. The number of aromatic nitrogens is 2. The quantitative estimate of drug-likeness (QED) is 0.579. The predicted molar refractivity (Wildman–Crippen MR) is 113 cm³/mol. The van der Waals surface area contributed by atoms with E-state index in [0.29, 0.717) is 28.3 Å². The van der Waals surface area contributed by atoms with Crippen LogP contribution in [0.25, 0.3) is 11.1 Å². The SMILES string of the molecule is N#Cc1c(N)nc(SCc2cccnc2)c(C#N)c1-c1ccc(CCCO)cc1. The molecule has 0 saturated heterocycles. The second-order valence-corrected chi connectivity index (χ2v) is 7.29. The summed E-state index contributed by atoms with van der Waals surface area (Å²) in [6.45, 7) is 0.136. The molecule has 3 rings (SSSR count). The second-order valence-electron chi connectivity index (χ2n) is 6.32. The molecule has 29 heavy (non-hydrogen) atoms. The van der Waals surface area contributed by atoms with Crippen molar-refractivity contribution < 1.29 is 5.11 Å². The van der Waals surface area contributed by atoms with Crippen LogP contribution in [-0.4, -0.2) is 21.7 Å². The van der Waals surface area contributed by atoms with Crippen LogP contribution < -0.4 is 5.73 Å². The first-order valence-corrected chi connectivity index (χ1v) is 10.0. The maximum atomic E-state index is 9.85. The van der Waals surface area contributed by atoms with Crippen molar-refractivity contribution in [2.45, 2.75) is 23.6 Å². The summed E-state index contributed by atoms with van der Waals surface area (Å²) in [6.07, 6.45) is 4.91. The molecule has 0 aliphatic carbocycles. The van der Waals surface area contributed by atoms with Gasteiger partial charge in [0.15, 0.2) is 0 Å². The maximum Gasteiger partial charge on any atom is 0.143 e. The molecule has 0 fully saturated rings. The average molecular weight is 401 g/mol. The number of nitrogens with two attached hydrogens (primary N) is 1. The van der Waals surface area contributed by atoms with E-state index in [1.165, 1.54) is 11.8 Å². The molecule has 0 saturated carbocycles. The van der Waals surface area contributed by atoms with Crippen LogP contribution in [0.4, 0.5) is 5.82 Å². The summed E-state index contributed by atoms with van der Waals surface area (Å²) in [6, 6.07) is 15.7. The molecule has 144 valence electrons. The lowest BCUT2D eigenvalue weighted by Crippen LogP contribution is -2.03. The fraction of sp³-hybridized carbons (Fsp3) is 0.182. The molecule has 2 aromatic heterocycles. The van der Waals surface area contributed by atoms with Crippen LogP contribution in [0.2, 0.25) is 0 Å². The molecule has 0 bridgehead atoms. The lowest BCUT2D eigenvalue weighted by atomic mass is 9.95. The van der Waals surface area contributed by atoms with Crippen molar-refractivity contribution in [1.29, 1.82) is 10.5 Å². The monoisotopic (exact) mass is 401 g/mol. The van der Waals surface area contributed by atoms with E-state index in [1.807, 2.05) is 36.4 Å². The number of aliphatic hydroxyl groups is 1. The Hall–Kier alpha value is -3.39. The highest BCUT2D eigenvalue weighted by Gasteiger charge is 2.20. The second kappa shape index (κ2) is 9.70. The minimum absolute atomic E-state index is 0.111. The van der Waals surface area contributed by atoms with E-state index in [0.717, 1.165) is 23.1 Å². The summed E-state index contributed by atoms with van der Waals surface area (Å²) in [5, 5.41) is 29.0. The van der Waals surface area contributed by atoms with Crippen LogP contribution in [0.1, 0.15) is 28.7 Å². The molecular weight excluding hydrogens is 382 g/mol. The van der Waals surface area contributed by atoms with Crippen molar-refractivity contribution in [1.82, 2.24) is 9.97 Å². The maximum absolute atomic E-state index is 9.85. The summed E-state index contributed by atoms with van der Waals surface area (Å²) in [4.78, 5) is 8.42. The van der Waals surface area contributed by atoms with E-state index in [-0.39, 0.29) is 18.0 Å². The molecule has 0 aliphatic rings. The highest BCUT2D eigenvalue weighted by molar-refractivity contribution is 7.98. The summed E-state index contributed by atoms with van der Waals surface area (Å²) < 4.78 is 0. The summed E-state index contributed by atoms with van der Waals surface area (Å²) >= 11 is 1.39. The van der Waals surface area contributed by atoms with Crippen molar-refractivity contribution in [3.63, 3.8) is 0 Å². The van der Waals surface area contributed by atoms with Crippen LogP contribution in [0.5, 0.6) is 0 Å². The van der Waals surface area contributed by atoms with Gasteiger partial charge in [0.05, 0.1) is 5.56 Å². The van der Waals surface area contributed by atoms with Gasteiger partial charge in [0, 0.05) is 30.3 Å². The molecule has 3 N–H and O–H groups in total. The molecule has 1 aromatic carbocycles. The van der Waals surface area contributed by atoms with Crippen molar-refractivity contribution in [3.8, 4) is 23.3 Å². The molecule has 0 radical (unpaired) electrons. The number of hydrogen-bond acceptors (Lipinski definition) is 7. The zero-order valence-corrected chi connectivity index (χ0v) is 16.5. The molecule has 3 aromatic rings. The van der Waals surface area contributed by atoms with Gasteiger partial charge in [0.1, 0.15) is 28.5 Å². The van der Waals surface area contributed by atoms with Gasteiger partial charge in [0.2, 0.25) is 0 Å². The number of nitrogens with zero attached hydrogens (tertiary/aromatic N) is 4. The molecule has 0 amide bonds. The average Bonchev–Trinajstić information content (AvgIpc) is 2.76. The lowest BCUT2D eigenvalue weighted by Gasteiger charge is -2.13. The minimum Gasteiger partial charge on any atom is -0.396 e. The van der Waals surface area contributed by atoms with Crippen LogP contribution in [0.15, 0.2) is 53.8 Å². The van der Waals surface area contributed by atoms with Gasteiger partial charge in [-0.3, -0.25) is 4.98 Å². The Labute approximate surface area is 173 Å². The Morgan fingerprint density at radius 3 is 2.41 bits per heavy atom. The first-order chi connectivity index (χ1) is 14.2. The minimum atomic E-state index is 0.111. The zero-order valence-electron chi connectivity index (χ0n) is 15.7. The third-order valence-corrected chi connectivity index (χ3v) is 5.43. The highest BCUT2D eigenvalue weighted by atomic mass is 32.2. The standard InChI is InChI=1S/C22H19N5OS/c23-11-18-20(17-7-5-15(6-8-17)4-2-10-28)19(12-24)22(27-21(18)25)29-14-16-3-1-9-26-13-16/h1,3,5-9,13,28H,2,4,10,14H2,(H2,25,27). The van der Waals surface area contributed by atoms with E-state index in [2.05, 4.69) is 22.1 Å². The normalized spacial score (nSPS) is 10.3. The number of anilines is 1. The van der Waals surface area contributed by atoms with Gasteiger partial charge in [-0.1, -0.05) is 30.3 Å². The van der Waals surface area contributed by atoms with E-state index in [4.69, 9.17) is 10.8 Å². The van der Waals surface area contributed by atoms with Gasteiger partial charge < -0.3 is 10.8 Å². The molecule has 0 spiro atoms. The van der Waals surface area contributed by atoms with Crippen molar-refractivity contribution in [2.75, 3.05) is 12.3 Å². The third-order valence-electron chi connectivity index (χ3n) is 4.38. The predicted octanol–water partition coefficient (Wildman–Crippen LogP) is 3.69. The van der Waals surface area contributed by atoms with Crippen molar-refractivity contribution >= 4 is 17.6 Å². The highest BCUT2D eigenvalue weighted by Crippen LogP contribution is 2.36. The molecule has 0 aliphatic heterocycles. The fourth-order valence-corrected chi connectivity index (χ4v) is 3.88. The number of nitriles is 2. The number of hydrogen-bond donors (Lipinski definition) is 2. The molecule has 7 heteroatoms. The molecule has 2 heterocycles. The number of aryl methyl sites for hydroxylation is 1. The first-order valence-electron chi connectivity index (χ1n) is 9.03. The lowest BCUT2D eigenvalue weighted by molar-refractivity contribution is 0.288. The number of rotatable bonds is 7. The largest absolute Gasteiger partial charge is 0.396 e. The van der Waals surface area contributed by atoms with Gasteiger partial charge in [-0.2, -0.15) is 10.5 Å². The number of benzene rings is 1.